The van der Waals surface area contributed by atoms with Gasteiger partial charge in [-0.05, 0) is 18.9 Å². The van der Waals surface area contributed by atoms with E-state index in [-0.39, 0.29) is 29.0 Å². The van der Waals surface area contributed by atoms with Gasteiger partial charge in [0, 0.05) is 12.1 Å². The molecular weight excluding hydrogens is 250 g/mol. The van der Waals surface area contributed by atoms with Crippen molar-refractivity contribution in [2.45, 2.75) is 26.9 Å². The zero-order valence-electron chi connectivity index (χ0n) is 11.4. The van der Waals surface area contributed by atoms with Crippen molar-refractivity contribution in [3.05, 3.63) is 33.9 Å². The predicted octanol–water partition coefficient (Wildman–Crippen LogP) is 2.80. The van der Waals surface area contributed by atoms with Crippen molar-refractivity contribution in [1.82, 2.24) is 0 Å². The van der Waals surface area contributed by atoms with Gasteiger partial charge in [-0.3, -0.25) is 10.1 Å². The van der Waals surface area contributed by atoms with E-state index in [9.17, 15) is 14.9 Å². The van der Waals surface area contributed by atoms with Crippen LogP contribution in [0.4, 0.5) is 5.69 Å². The second-order valence-corrected chi connectivity index (χ2v) is 4.50. The molecule has 0 radical (unpaired) electrons. The molecule has 1 atom stereocenters. The SMILES string of the molecule is COC(=O)c1ccc([N+](=O)[O-])c(OC(C)C(C)C)c1. The highest BCUT2D eigenvalue weighted by Gasteiger charge is 2.21. The molecule has 0 fully saturated rings. The topological polar surface area (TPSA) is 78.7 Å². The summed E-state index contributed by atoms with van der Waals surface area (Å²) < 4.78 is 10.1. The van der Waals surface area contributed by atoms with E-state index in [2.05, 4.69) is 4.74 Å². The molecule has 0 aliphatic rings. The molecule has 0 bridgehead atoms. The van der Waals surface area contributed by atoms with E-state index in [4.69, 9.17) is 4.74 Å². The van der Waals surface area contributed by atoms with Gasteiger partial charge in [0.2, 0.25) is 0 Å². The number of rotatable bonds is 5. The summed E-state index contributed by atoms with van der Waals surface area (Å²) in [4.78, 5) is 21.8. The fraction of sp³-hybridized carbons (Fsp3) is 0.462. The molecule has 19 heavy (non-hydrogen) atoms. The third-order valence-electron chi connectivity index (χ3n) is 2.83. The lowest BCUT2D eigenvalue weighted by atomic mass is 10.1. The Morgan fingerprint density at radius 3 is 2.42 bits per heavy atom. The first-order valence-corrected chi connectivity index (χ1v) is 5.90. The van der Waals surface area contributed by atoms with Crippen molar-refractivity contribution in [2.24, 2.45) is 5.92 Å². The second kappa shape index (κ2) is 6.17. The van der Waals surface area contributed by atoms with Crippen molar-refractivity contribution >= 4 is 11.7 Å². The molecular formula is C13H17NO5. The molecule has 104 valence electrons. The van der Waals surface area contributed by atoms with E-state index >= 15 is 0 Å². The van der Waals surface area contributed by atoms with Crippen LogP contribution in [0.1, 0.15) is 31.1 Å². The van der Waals surface area contributed by atoms with Crippen LogP contribution in [-0.4, -0.2) is 24.1 Å². The van der Waals surface area contributed by atoms with E-state index in [1.807, 2.05) is 20.8 Å². The van der Waals surface area contributed by atoms with E-state index in [0.29, 0.717) is 0 Å². The van der Waals surface area contributed by atoms with Crippen LogP contribution >= 0.6 is 0 Å². The minimum absolute atomic E-state index is 0.0779. The maximum Gasteiger partial charge on any atom is 0.337 e. The largest absolute Gasteiger partial charge is 0.484 e. The summed E-state index contributed by atoms with van der Waals surface area (Å²) >= 11 is 0. The predicted molar refractivity (Wildman–Crippen MR) is 69.4 cm³/mol. The Hall–Kier alpha value is -2.11. The highest BCUT2D eigenvalue weighted by Crippen LogP contribution is 2.30. The molecule has 1 aromatic carbocycles. The summed E-state index contributed by atoms with van der Waals surface area (Å²) in [5.41, 5.74) is 0.0548. The zero-order valence-corrected chi connectivity index (χ0v) is 11.4. The lowest BCUT2D eigenvalue weighted by Crippen LogP contribution is -2.19. The van der Waals surface area contributed by atoms with E-state index < -0.39 is 10.9 Å². The molecule has 0 aliphatic carbocycles. The Balaban J connectivity index is 3.15. The third kappa shape index (κ3) is 3.67. The van der Waals surface area contributed by atoms with Gasteiger partial charge < -0.3 is 9.47 Å². The molecule has 0 spiro atoms. The van der Waals surface area contributed by atoms with Gasteiger partial charge in [0.25, 0.3) is 0 Å². The van der Waals surface area contributed by atoms with Crippen LogP contribution in [-0.2, 0) is 4.74 Å². The minimum atomic E-state index is -0.558. The van der Waals surface area contributed by atoms with Crippen molar-refractivity contribution in [1.29, 1.82) is 0 Å². The highest BCUT2D eigenvalue weighted by atomic mass is 16.6. The first-order valence-electron chi connectivity index (χ1n) is 5.90. The van der Waals surface area contributed by atoms with Crippen LogP contribution in [0.3, 0.4) is 0 Å². The van der Waals surface area contributed by atoms with Gasteiger partial charge in [-0.1, -0.05) is 13.8 Å². The van der Waals surface area contributed by atoms with Gasteiger partial charge in [-0.15, -0.1) is 0 Å². The number of nitro benzene ring substituents is 1. The van der Waals surface area contributed by atoms with Crippen LogP contribution in [0.25, 0.3) is 0 Å². The average Bonchev–Trinajstić information content (AvgIpc) is 2.37. The summed E-state index contributed by atoms with van der Waals surface area (Å²) in [6.45, 7) is 5.71. The molecule has 0 amide bonds. The summed E-state index contributed by atoms with van der Waals surface area (Å²) in [7, 11) is 1.25. The monoisotopic (exact) mass is 267 g/mol. The van der Waals surface area contributed by atoms with Crippen molar-refractivity contribution in [3.63, 3.8) is 0 Å². The molecule has 0 heterocycles. The number of nitrogens with zero attached hydrogens (tertiary/aromatic N) is 1. The van der Waals surface area contributed by atoms with E-state index in [1.54, 1.807) is 0 Å². The molecule has 0 saturated carbocycles. The fourth-order valence-corrected chi connectivity index (χ4v) is 1.34. The van der Waals surface area contributed by atoms with Gasteiger partial charge in [0.05, 0.1) is 23.7 Å². The molecule has 1 rings (SSSR count). The lowest BCUT2D eigenvalue weighted by molar-refractivity contribution is -0.386. The van der Waals surface area contributed by atoms with Gasteiger partial charge in [-0.25, -0.2) is 4.79 Å². The van der Waals surface area contributed by atoms with Crippen molar-refractivity contribution in [3.8, 4) is 5.75 Å². The fourth-order valence-electron chi connectivity index (χ4n) is 1.34. The van der Waals surface area contributed by atoms with Crippen LogP contribution in [0.5, 0.6) is 5.75 Å². The molecule has 1 aromatic rings. The van der Waals surface area contributed by atoms with Gasteiger partial charge in [-0.2, -0.15) is 0 Å². The number of benzene rings is 1. The normalized spacial score (nSPS) is 12.1. The Bertz CT molecular complexity index is 484. The summed E-state index contributed by atoms with van der Waals surface area (Å²) in [6.07, 6.45) is -0.202. The lowest BCUT2D eigenvalue weighted by Gasteiger charge is -2.18. The molecule has 6 heteroatoms. The average molecular weight is 267 g/mol. The van der Waals surface area contributed by atoms with Crippen molar-refractivity contribution < 1.29 is 19.2 Å². The van der Waals surface area contributed by atoms with Crippen LogP contribution in [0.15, 0.2) is 18.2 Å². The Kier molecular flexibility index (Phi) is 4.86. The molecule has 6 nitrogen and oxygen atoms in total. The summed E-state index contributed by atoms with van der Waals surface area (Å²) in [5.74, 6) is -0.285. The second-order valence-electron chi connectivity index (χ2n) is 4.50. The van der Waals surface area contributed by atoms with Crippen molar-refractivity contribution in [2.75, 3.05) is 7.11 Å². The van der Waals surface area contributed by atoms with E-state index in [0.717, 1.165) is 0 Å². The van der Waals surface area contributed by atoms with Gasteiger partial charge >= 0.3 is 11.7 Å². The highest BCUT2D eigenvalue weighted by molar-refractivity contribution is 5.90. The molecule has 0 aromatic heterocycles. The Morgan fingerprint density at radius 1 is 1.32 bits per heavy atom. The zero-order chi connectivity index (χ0) is 14.6. The first kappa shape index (κ1) is 14.9. The van der Waals surface area contributed by atoms with Crippen LogP contribution in [0.2, 0.25) is 0 Å². The molecule has 0 saturated heterocycles. The first-order chi connectivity index (χ1) is 8.86. The summed E-state index contributed by atoms with van der Waals surface area (Å²) in [5, 5.41) is 10.9. The molecule has 0 N–H and O–H groups in total. The number of carbonyl (C=O) groups excluding carboxylic acids is 1. The van der Waals surface area contributed by atoms with E-state index in [1.165, 1.54) is 25.3 Å². The number of carbonyl (C=O) groups is 1. The van der Waals surface area contributed by atoms with Crippen LogP contribution < -0.4 is 4.74 Å². The molecule has 0 aliphatic heterocycles. The quantitative estimate of drug-likeness (QED) is 0.465. The van der Waals surface area contributed by atoms with Crippen LogP contribution in [0, 0.1) is 16.0 Å². The number of methoxy groups -OCH3 is 1. The number of ether oxygens (including phenoxy) is 2. The Morgan fingerprint density at radius 2 is 1.95 bits per heavy atom. The summed E-state index contributed by atoms with van der Waals surface area (Å²) in [6, 6.07) is 3.92. The third-order valence-corrected chi connectivity index (χ3v) is 2.83. The molecule has 1 unspecified atom stereocenters. The minimum Gasteiger partial charge on any atom is -0.484 e. The smallest absolute Gasteiger partial charge is 0.337 e. The number of hydrogen-bond acceptors (Lipinski definition) is 5. The number of nitro groups is 1. The standard InChI is InChI=1S/C13H17NO5/c1-8(2)9(3)19-12-7-10(13(15)18-4)5-6-11(12)14(16)17/h5-9H,1-4H3. The van der Waals surface area contributed by atoms with Gasteiger partial charge in [0.1, 0.15) is 0 Å². The van der Waals surface area contributed by atoms with Gasteiger partial charge in [0.15, 0.2) is 5.75 Å². The Labute approximate surface area is 111 Å². The maximum absolute atomic E-state index is 11.4. The maximum atomic E-state index is 11.4. The number of hydrogen-bond donors (Lipinski definition) is 0. The number of esters is 1.